The van der Waals surface area contributed by atoms with E-state index in [-0.39, 0.29) is 0 Å². The molecule has 0 radical (unpaired) electrons. The van der Waals surface area contributed by atoms with E-state index in [1.54, 1.807) is 0 Å². The van der Waals surface area contributed by atoms with Gasteiger partial charge in [-0.25, -0.2) is 0 Å². The monoisotopic (exact) mass is 125 g/mol. The van der Waals surface area contributed by atoms with Crippen LogP contribution in [0.4, 0.5) is 0 Å². The summed E-state index contributed by atoms with van der Waals surface area (Å²) in [7, 11) is 0. The molecule has 0 aromatic carbocycles. The number of hydrogen-bond donors (Lipinski definition) is 1. The van der Waals surface area contributed by atoms with Gasteiger partial charge in [0.05, 0.1) is 0 Å². The summed E-state index contributed by atoms with van der Waals surface area (Å²) in [6.07, 6.45) is 8.05. The van der Waals surface area contributed by atoms with Crippen LogP contribution >= 0.6 is 0 Å². The normalized spacial score (nSPS) is 34.9. The zero-order valence-corrected chi connectivity index (χ0v) is 6.01. The number of nitrogens with two attached hydrogens (primary N) is 1. The van der Waals surface area contributed by atoms with Crippen molar-refractivity contribution in [2.45, 2.75) is 32.2 Å². The number of allylic oxidation sites excluding steroid dienone is 1. The van der Waals surface area contributed by atoms with Gasteiger partial charge in [0.15, 0.2) is 0 Å². The van der Waals surface area contributed by atoms with E-state index in [0.717, 1.165) is 0 Å². The molecule has 0 aromatic heterocycles. The van der Waals surface area contributed by atoms with Gasteiger partial charge in [0, 0.05) is 6.04 Å². The Bertz CT molecular complexity index is 107. The molecule has 2 N–H and O–H groups in total. The minimum atomic E-state index is 0.431. The summed E-state index contributed by atoms with van der Waals surface area (Å²) >= 11 is 0. The van der Waals surface area contributed by atoms with Crippen LogP contribution in [0.2, 0.25) is 0 Å². The van der Waals surface area contributed by atoms with E-state index in [0.29, 0.717) is 12.0 Å². The second-order valence-electron chi connectivity index (χ2n) is 2.74. The molecule has 1 unspecified atom stereocenters. The van der Waals surface area contributed by atoms with Crippen LogP contribution in [0, 0.1) is 5.92 Å². The molecule has 0 saturated carbocycles. The summed E-state index contributed by atoms with van der Waals surface area (Å²) in [5, 5.41) is 0. The lowest BCUT2D eigenvalue weighted by Crippen LogP contribution is -2.29. The molecule has 0 amide bonds. The minimum absolute atomic E-state index is 0.431. The Hall–Kier alpha value is -0.300. The first-order chi connectivity index (χ1) is 4.34. The molecule has 2 atom stereocenters. The highest BCUT2D eigenvalue weighted by Gasteiger charge is 2.14. The van der Waals surface area contributed by atoms with Gasteiger partial charge in [0.2, 0.25) is 0 Å². The lowest BCUT2D eigenvalue weighted by atomic mass is 9.89. The summed E-state index contributed by atoms with van der Waals surface area (Å²) in [6, 6.07) is 0.431. The second kappa shape index (κ2) is 3.02. The standard InChI is InChI=1S/C8H15N/c1-2-7-5-3-4-6-8(7)9/h3,5,7-8H,2,4,6,9H2,1H3/t7?,8-/m0/s1. The van der Waals surface area contributed by atoms with Crippen LogP contribution in [0.3, 0.4) is 0 Å². The maximum atomic E-state index is 5.84. The van der Waals surface area contributed by atoms with Crippen LogP contribution in [-0.2, 0) is 0 Å². The summed E-state index contributed by atoms with van der Waals surface area (Å²) < 4.78 is 0. The van der Waals surface area contributed by atoms with Crippen LogP contribution in [0.5, 0.6) is 0 Å². The minimum Gasteiger partial charge on any atom is -0.327 e. The fraction of sp³-hybridized carbons (Fsp3) is 0.750. The molecule has 0 aromatic rings. The van der Waals surface area contributed by atoms with Crippen molar-refractivity contribution in [2.24, 2.45) is 11.7 Å². The molecular weight excluding hydrogens is 110 g/mol. The van der Waals surface area contributed by atoms with Crippen molar-refractivity contribution in [2.75, 3.05) is 0 Å². The quantitative estimate of drug-likeness (QED) is 0.530. The Balaban J connectivity index is 2.46. The zero-order valence-electron chi connectivity index (χ0n) is 6.01. The molecule has 0 heterocycles. The highest BCUT2D eigenvalue weighted by atomic mass is 14.6. The fourth-order valence-corrected chi connectivity index (χ4v) is 1.36. The Morgan fingerprint density at radius 3 is 2.89 bits per heavy atom. The molecule has 0 spiro atoms. The third-order valence-electron chi connectivity index (χ3n) is 2.07. The lowest BCUT2D eigenvalue weighted by Gasteiger charge is -2.22. The SMILES string of the molecule is CCC1C=CCC[C@@H]1N. The van der Waals surface area contributed by atoms with Crippen molar-refractivity contribution in [3.05, 3.63) is 12.2 Å². The maximum absolute atomic E-state index is 5.84. The highest BCUT2D eigenvalue weighted by Crippen LogP contribution is 2.18. The van der Waals surface area contributed by atoms with Gasteiger partial charge in [-0.15, -0.1) is 0 Å². The van der Waals surface area contributed by atoms with Crippen molar-refractivity contribution in [1.82, 2.24) is 0 Å². The number of rotatable bonds is 1. The summed E-state index contributed by atoms with van der Waals surface area (Å²) in [5.74, 6) is 0.652. The van der Waals surface area contributed by atoms with E-state index in [1.807, 2.05) is 0 Å². The molecule has 1 aliphatic rings. The fourth-order valence-electron chi connectivity index (χ4n) is 1.36. The Kier molecular flexibility index (Phi) is 2.29. The van der Waals surface area contributed by atoms with Crippen molar-refractivity contribution < 1.29 is 0 Å². The molecule has 52 valence electrons. The third-order valence-corrected chi connectivity index (χ3v) is 2.07. The largest absolute Gasteiger partial charge is 0.327 e. The molecule has 1 aliphatic carbocycles. The summed E-state index contributed by atoms with van der Waals surface area (Å²) in [6.45, 7) is 2.19. The van der Waals surface area contributed by atoms with Crippen molar-refractivity contribution in [3.8, 4) is 0 Å². The predicted octanol–water partition coefficient (Wildman–Crippen LogP) is 1.69. The smallest absolute Gasteiger partial charge is 0.0105 e. The average Bonchev–Trinajstić information content (AvgIpc) is 1.89. The molecule has 0 aliphatic heterocycles. The molecule has 9 heavy (non-hydrogen) atoms. The van der Waals surface area contributed by atoms with Crippen LogP contribution in [0.15, 0.2) is 12.2 Å². The van der Waals surface area contributed by atoms with E-state index in [9.17, 15) is 0 Å². The summed E-state index contributed by atoms with van der Waals surface area (Å²) in [5.41, 5.74) is 5.84. The van der Waals surface area contributed by atoms with Gasteiger partial charge >= 0.3 is 0 Å². The molecule has 0 fully saturated rings. The average molecular weight is 125 g/mol. The second-order valence-corrected chi connectivity index (χ2v) is 2.74. The van der Waals surface area contributed by atoms with Crippen molar-refractivity contribution in [1.29, 1.82) is 0 Å². The first-order valence-electron chi connectivity index (χ1n) is 3.77. The van der Waals surface area contributed by atoms with Crippen molar-refractivity contribution >= 4 is 0 Å². The van der Waals surface area contributed by atoms with Gasteiger partial charge in [-0.2, -0.15) is 0 Å². The van der Waals surface area contributed by atoms with Crippen LogP contribution in [-0.4, -0.2) is 6.04 Å². The Labute approximate surface area is 56.9 Å². The van der Waals surface area contributed by atoms with E-state index >= 15 is 0 Å². The van der Waals surface area contributed by atoms with E-state index in [2.05, 4.69) is 19.1 Å². The van der Waals surface area contributed by atoms with Gasteiger partial charge in [-0.3, -0.25) is 0 Å². The Morgan fingerprint density at radius 2 is 2.44 bits per heavy atom. The molecule has 1 rings (SSSR count). The first-order valence-corrected chi connectivity index (χ1v) is 3.77. The molecule has 0 bridgehead atoms. The van der Waals surface area contributed by atoms with E-state index in [1.165, 1.54) is 19.3 Å². The maximum Gasteiger partial charge on any atom is 0.0105 e. The van der Waals surface area contributed by atoms with Crippen LogP contribution in [0.25, 0.3) is 0 Å². The van der Waals surface area contributed by atoms with Gasteiger partial charge in [-0.1, -0.05) is 19.1 Å². The molecular formula is C8H15N. The summed E-state index contributed by atoms with van der Waals surface area (Å²) in [4.78, 5) is 0. The molecule has 1 nitrogen and oxygen atoms in total. The molecule has 1 heteroatoms. The van der Waals surface area contributed by atoms with Crippen molar-refractivity contribution in [3.63, 3.8) is 0 Å². The lowest BCUT2D eigenvalue weighted by molar-refractivity contribution is 0.445. The molecule has 0 saturated heterocycles. The van der Waals surface area contributed by atoms with Gasteiger partial charge in [-0.05, 0) is 25.2 Å². The van der Waals surface area contributed by atoms with E-state index in [4.69, 9.17) is 5.73 Å². The van der Waals surface area contributed by atoms with Crippen LogP contribution in [0.1, 0.15) is 26.2 Å². The highest BCUT2D eigenvalue weighted by molar-refractivity contribution is 4.98. The van der Waals surface area contributed by atoms with Gasteiger partial charge < -0.3 is 5.73 Å². The van der Waals surface area contributed by atoms with Crippen LogP contribution < -0.4 is 5.73 Å². The Morgan fingerprint density at radius 1 is 1.67 bits per heavy atom. The van der Waals surface area contributed by atoms with Gasteiger partial charge in [0.1, 0.15) is 0 Å². The third kappa shape index (κ3) is 1.55. The first kappa shape index (κ1) is 6.81. The van der Waals surface area contributed by atoms with Gasteiger partial charge in [0.25, 0.3) is 0 Å². The zero-order chi connectivity index (χ0) is 6.69. The predicted molar refractivity (Wildman–Crippen MR) is 40.1 cm³/mol. The number of hydrogen-bond acceptors (Lipinski definition) is 1. The van der Waals surface area contributed by atoms with E-state index < -0.39 is 0 Å². The topological polar surface area (TPSA) is 26.0 Å².